The highest BCUT2D eigenvalue weighted by Crippen LogP contribution is 2.29. The highest BCUT2D eigenvalue weighted by atomic mass is 32.2. The van der Waals surface area contributed by atoms with E-state index in [1.807, 2.05) is 34.2 Å². The third kappa shape index (κ3) is 3.51. The molecule has 140 valence electrons. The van der Waals surface area contributed by atoms with E-state index in [1.54, 1.807) is 16.8 Å². The van der Waals surface area contributed by atoms with Crippen molar-refractivity contribution >= 4 is 29.0 Å². The first kappa shape index (κ1) is 18.2. The van der Waals surface area contributed by atoms with Gasteiger partial charge in [0.2, 0.25) is 5.82 Å². The Balaban J connectivity index is 1.77. The molecule has 3 aromatic rings. The summed E-state index contributed by atoms with van der Waals surface area (Å²) in [6, 6.07) is 9.89. The number of rotatable bonds is 3. The van der Waals surface area contributed by atoms with Gasteiger partial charge in [-0.25, -0.2) is 14.1 Å². The Bertz CT molecular complexity index is 951. The van der Waals surface area contributed by atoms with Gasteiger partial charge in [-0.15, -0.1) is 16.4 Å². The van der Waals surface area contributed by atoms with Crippen LogP contribution >= 0.6 is 23.1 Å². The molecule has 27 heavy (non-hydrogen) atoms. The molecule has 0 saturated carbocycles. The maximum Gasteiger partial charge on any atom is 0.294 e. The molecule has 1 aliphatic heterocycles. The van der Waals surface area contributed by atoms with Crippen molar-refractivity contribution in [2.45, 2.75) is 19.4 Å². The zero-order valence-corrected chi connectivity index (χ0v) is 16.7. The topological polar surface area (TPSA) is 51.0 Å². The number of nitrogens with zero attached hydrogens (tertiary/aromatic N) is 4. The quantitative estimate of drug-likeness (QED) is 0.662. The highest BCUT2D eigenvalue weighted by Gasteiger charge is 2.36. The fourth-order valence-electron chi connectivity index (χ4n) is 3.09. The molecule has 5 nitrogen and oxygen atoms in total. The molecule has 4 rings (SSSR count). The molecule has 1 aliphatic rings. The normalized spacial score (nSPS) is 16.5. The molecule has 1 fully saturated rings. The number of halogens is 1. The first-order valence-electron chi connectivity index (χ1n) is 8.62. The van der Waals surface area contributed by atoms with Gasteiger partial charge in [0, 0.05) is 23.6 Å². The van der Waals surface area contributed by atoms with Crippen molar-refractivity contribution in [3.63, 3.8) is 0 Å². The van der Waals surface area contributed by atoms with Gasteiger partial charge in [-0.3, -0.25) is 4.79 Å². The molecule has 0 spiro atoms. The van der Waals surface area contributed by atoms with Gasteiger partial charge in [-0.05, 0) is 49.6 Å². The molecule has 0 radical (unpaired) electrons. The van der Waals surface area contributed by atoms with E-state index in [9.17, 15) is 9.18 Å². The summed E-state index contributed by atoms with van der Waals surface area (Å²) in [4.78, 5) is 20.5. The molecule has 0 bridgehead atoms. The van der Waals surface area contributed by atoms with Crippen LogP contribution < -0.4 is 0 Å². The van der Waals surface area contributed by atoms with Crippen molar-refractivity contribution in [2.75, 3.05) is 18.1 Å². The lowest BCUT2D eigenvalue weighted by Crippen LogP contribution is -2.53. The molecule has 8 heteroatoms. The monoisotopic (exact) mass is 402 g/mol. The molecule has 0 atom stereocenters. The minimum atomic E-state index is -0.319. The van der Waals surface area contributed by atoms with Crippen LogP contribution in [0.15, 0.2) is 41.8 Å². The number of amides is 1. The average molecular weight is 403 g/mol. The van der Waals surface area contributed by atoms with Gasteiger partial charge in [0.05, 0.1) is 10.6 Å². The third-order valence-corrected chi connectivity index (χ3v) is 6.75. The van der Waals surface area contributed by atoms with E-state index in [4.69, 9.17) is 0 Å². The Morgan fingerprint density at radius 2 is 2.00 bits per heavy atom. The minimum Gasteiger partial charge on any atom is -0.329 e. The summed E-state index contributed by atoms with van der Waals surface area (Å²) >= 11 is 3.37. The summed E-state index contributed by atoms with van der Waals surface area (Å²) in [5.41, 5.74) is 0.421. The molecule has 0 N–H and O–H groups in total. The van der Waals surface area contributed by atoms with Crippen molar-refractivity contribution in [1.29, 1.82) is 0 Å². The van der Waals surface area contributed by atoms with Crippen LogP contribution in [0.5, 0.6) is 0 Å². The number of benzene rings is 1. The zero-order valence-electron chi connectivity index (χ0n) is 15.1. The van der Waals surface area contributed by atoms with Crippen LogP contribution in [0.4, 0.5) is 4.39 Å². The summed E-state index contributed by atoms with van der Waals surface area (Å²) in [5, 5.41) is 6.45. The van der Waals surface area contributed by atoms with Gasteiger partial charge in [0.15, 0.2) is 5.82 Å². The molecule has 0 aliphatic carbocycles. The Kier molecular flexibility index (Phi) is 4.77. The predicted molar refractivity (Wildman–Crippen MR) is 107 cm³/mol. The second-order valence-corrected chi connectivity index (χ2v) is 9.00. The number of hydrogen-bond donors (Lipinski definition) is 0. The lowest BCUT2D eigenvalue weighted by molar-refractivity contribution is 0.0585. The number of thioether (sulfide) groups is 1. The molecule has 0 unspecified atom stereocenters. The largest absolute Gasteiger partial charge is 0.329 e. The Labute approximate surface area is 165 Å². The summed E-state index contributed by atoms with van der Waals surface area (Å²) < 4.78 is 14.9. The van der Waals surface area contributed by atoms with Crippen LogP contribution in [0.2, 0.25) is 0 Å². The molecule has 1 saturated heterocycles. The zero-order chi connectivity index (χ0) is 19.0. The SMILES string of the molecule is CC1(C)CSCCN1C(=O)c1nc(-c2cccs2)n(-c2ccc(F)cc2)n1. The number of carbonyl (C=O) groups excluding carboxylic acids is 1. The van der Waals surface area contributed by atoms with E-state index in [-0.39, 0.29) is 23.1 Å². The van der Waals surface area contributed by atoms with Crippen molar-refractivity contribution in [1.82, 2.24) is 19.7 Å². The van der Waals surface area contributed by atoms with Gasteiger partial charge in [0.1, 0.15) is 5.82 Å². The first-order valence-corrected chi connectivity index (χ1v) is 10.7. The highest BCUT2D eigenvalue weighted by molar-refractivity contribution is 7.99. The van der Waals surface area contributed by atoms with E-state index in [2.05, 4.69) is 23.9 Å². The fraction of sp³-hybridized carbons (Fsp3) is 0.316. The second-order valence-electron chi connectivity index (χ2n) is 6.95. The van der Waals surface area contributed by atoms with Crippen LogP contribution in [-0.4, -0.2) is 49.2 Å². The average Bonchev–Trinajstić information content (AvgIpc) is 3.31. The Morgan fingerprint density at radius 1 is 1.22 bits per heavy atom. The summed E-state index contributed by atoms with van der Waals surface area (Å²) in [5.74, 6) is 2.06. The maximum absolute atomic E-state index is 13.3. The van der Waals surface area contributed by atoms with Crippen LogP contribution in [-0.2, 0) is 0 Å². The number of hydrogen-bond acceptors (Lipinski definition) is 5. The minimum absolute atomic E-state index is 0.168. The molecule has 1 aromatic carbocycles. The van der Waals surface area contributed by atoms with Crippen LogP contribution in [0, 0.1) is 5.82 Å². The summed E-state index contributed by atoms with van der Waals surface area (Å²) in [6.45, 7) is 4.80. The van der Waals surface area contributed by atoms with E-state index in [0.29, 0.717) is 18.1 Å². The first-order chi connectivity index (χ1) is 13.0. The maximum atomic E-state index is 13.3. The fourth-order valence-corrected chi connectivity index (χ4v) is 4.90. The van der Waals surface area contributed by atoms with Crippen LogP contribution in [0.3, 0.4) is 0 Å². The van der Waals surface area contributed by atoms with Gasteiger partial charge >= 0.3 is 0 Å². The van der Waals surface area contributed by atoms with Gasteiger partial charge in [-0.2, -0.15) is 11.8 Å². The second kappa shape index (κ2) is 7.09. The summed E-state index contributed by atoms with van der Waals surface area (Å²) in [7, 11) is 0. The molecular weight excluding hydrogens is 383 g/mol. The predicted octanol–water partition coefficient (Wildman–Crippen LogP) is 4.10. The van der Waals surface area contributed by atoms with E-state index in [1.165, 1.54) is 23.5 Å². The van der Waals surface area contributed by atoms with Crippen molar-refractivity contribution in [3.8, 4) is 16.4 Å². The van der Waals surface area contributed by atoms with Crippen molar-refractivity contribution in [2.24, 2.45) is 0 Å². The standard InChI is InChI=1S/C19H19FN4OS2/c1-19(2)12-26-11-9-23(19)18(25)16-21-17(15-4-3-10-27-15)24(22-16)14-7-5-13(20)6-8-14/h3-8,10H,9,11-12H2,1-2H3. The van der Waals surface area contributed by atoms with Gasteiger partial charge < -0.3 is 4.90 Å². The molecule has 1 amide bonds. The smallest absolute Gasteiger partial charge is 0.294 e. The van der Waals surface area contributed by atoms with E-state index in [0.717, 1.165) is 16.4 Å². The lowest BCUT2D eigenvalue weighted by atomic mass is 10.1. The Hall–Kier alpha value is -2.19. The van der Waals surface area contributed by atoms with Gasteiger partial charge in [-0.1, -0.05) is 6.07 Å². The number of carbonyl (C=O) groups is 1. The van der Waals surface area contributed by atoms with E-state index < -0.39 is 0 Å². The van der Waals surface area contributed by atoms with Crippen molar-refractivity contribution in [3.05, 3.63) is 53.4 Å². The molecular formula is C19H19FN4OS2. The lowest BCUT2D eigenvalue weighted by Gasteiger charge is -2.41. The van der Waals surface area contributed by atoms with Crippen LogP contribution in [0.25, 0.3) is 16.4 Å². The van der Waals surface area contributed by atoms with Gasteiger partial charge in [0.25, 0.3) is 5.91 Å². The Morgan fingerprint density at radius 3 is 2.67 bits per heavy atom. The number of aromatic nitrogens is 3. The molecule has 2 aromatic heterocycles. The van der Waals surface area contributed by atoms with Crippen LogP contribution in [0.1, 0.15) is 24.5 Å². The van der Waals surface area contributed by atoms with Crippen molar-refractivity contribution < 1.29 is 9.18 Å². The third-order valence-electron chi connectivity index (χ3n) is 4.50. The van der Waals surface area contributed by atoms with E-state index >= 15 is 0 Å². The molecule has 3 heterocycles. The summed E-state index contributed by atoms with van der Waals surface area (Å²) in [6.07, 6.45) is 0. The number of thiophene rings is 1.